The lowest BCUT2D eigenvalue weighted by atomic mass is 10.1. The van der Waals surface area contributed by atoms with Gasteiger partial charge < -0.3 is 9.84 Å². The number of ether oxygens (including phenoxy) is 1. The molecule has 0 amide bonds. The number of rotatable bonds is 9. The van der Waals surface area contributed by atoms with E-state index in [1.807, 2.05) is 13.8 Å². The highest BCUT2D eigenvalue weighted by Gasteiger charge is 2.14. The van der Waals surface area contributed by atoms with Crippen molar-refractivity contribution >= 4 is 11.9 Å². The number of esters is 2. The first-order chi connectivity index (χ1) is 8.10. The van der Waals surface area contributed by atoms with Gasteiger partial charge in [-0.1, -0.05) is 39.5 Å². The van der Waals surface area contributed by atoms with Crippen LogP contribution in [0.5, 0.6) is 0 Å². The molecular weight excluding hydrogens is 220 g/mol. The Labute approximate surface area is 103 Å². The number of carbonyl (C=O) groups is 2. The normalized spacial score (nSPS) is 12.2. The van der Waals surface area contributed by atoms with Gasteiger partial charge in [0.2, 0.25) is 0 Å². The van der Waals surface area contributed by atoms with Crippen LogP contribution in [0.4, 0.5) is 0 Å². The van der Waals surface area contributed by atoms with Crippen LogP contribution in [-0.4, -0.2) is 23.1 Å². The van der Waals surface area contributed by atoms with Gasteiger partial charge in [0, 0.05) is 6.42 Å². The molecule has 1 N–H and O–H groups in total. The molecule has 0 heterocycles. The minimum absolute atomic E-state index is 0.0838. The average molecular weight is 244 g/mol. The number of aliphatic hydroxyl groups is 1. The first-order valence-corrected chi connectivity index (χ1v) is 6.51. The number of aliphatic hydroxyl groups excluding tert-OH is 1. The predicted octanol–water partition coefficient (Wildman–Crippen LogP) is 2.58. The molecule has 0 aromatic carbocycles. The summed E-state index contributed by atoms with van der Waals surface area (Å²) in [6.07, 6.45) is 4.67. The largest absolute Gasteiger partial charge is 0.393 e. The second-order valence-electron chi connectivity index (χ2n) is 4.30. The maximum atomic E-state index is 11.3. The molecule has 0 saturated carbocycles. The van der Waals surface area contributed by atoms with E-state index in [2.05, 4.69) is 4.74 Å². The van der Waals surface area contributed by atoms with Crippen LogP contribution in [-0.2, 0) is 14.3 Å². The quantitative estimate of drug-likeness (QED) is 0.384. The summed E-state index contributed by atoms with van der Waals surface area (Å²) >= 11 is 0. The van der Waals surface area contributed by atoms with E-state index < -0.39 is 18.0 Å². The molecule has 0 saturated heterocycles. The van der Waals surface area contributed by atoms with Gasteiger partial charge in [0.1, 0.15) is 0 Å². The topological polar surface area (TPSA) is 63.6 Å². The Bertz CT molecular complexity index is 225. The highest BCUT2D eigenvalue weighted by atomic mass is 16.6. The molecule has 0 radical (unpaired) electrons. The highest BCUT2D eigenvalue weighted by Crippen LogP contribution is 2.06. The van der Waals surface area contributed by atoms with Gasteiger partial charge in [-0.3, -0.25) is 9.59 Å². The lowest BCUT2D eigenvalue weighted by Crippen LogP contribution is -2.18. The fourth-order valence-corrected chi connectivity index (χ4v) is 1.47. The Kier molecular flexibility index (Phi) is 9.72. The standard InChI is InChI=1S/C13H24O4/c1-3-5-7-9-12(15)17-13(16)10-11(14)8-6-4-2/h11,14H,3-10H2,1-2H3. The Morgan fingerprint density at radius 3 is 2.29 bits per heavy atom. The third-order valence-corrected chi connectivity index (χ3v) is 2.51. The van der Waals surface area contributed by atoms with Crippen molar-refractivity contribution in [3.63, 3.8) is 0 Å². The Balaban J connectivity index is 3.66. The summed E-state index contributed by atoms with van der Waals surface area (Å²) in [6, 6.07) is 0. The summed E-state index contributed by atoms with van der Waals surface area (Å²) in [4.78, 5) is 22.5. The molecule has 1 unspecified atom stereocenters. The van der Waals surface area contributed by atoms with Gasteiger partial charge in [-0.15, -0.1) is 0 Å². The fraction of sp³-hybridized carbons (Fsp3) is 0.846. The number of hydrogen-bond donors (Lipinski definition) is 1. The van der Waals surface area contributed by atoms with E-state index >= 15 is 0 Å². The number of carbonyl (C=O) groups excluding carboxylic acids is 2. The van der Waals surface area contributed by atoms with Crippen molar-refractivity contribution in [2.24, 2.45) is 0 Å². The zero-order chi connectivity index (χ0) is 13.1. The molecule has 0 fully saturated rings. The zero-order valence-electron chi connectivity index (χ0n) is 10.9. The summed E-state index contributed by atoms with van der Waals surface area (Å²) in [5, 5.41) is 9.47. The summed E-state index contributed by atoms with van der Waals surface area (Å²) < 4.78 is 4.61. The second-order valence-corrected chi connectivity index (χ2v) is 4.30. The van der Waals surface area contributed by atoms with Crippen LogP contribution in [0.3, 0.4) is 0 Å². The van der Waals surface area contributed by atoms with Crippen molar-refractivity contribution in [2.45, 2.75) is 71.3 Å². The third-order valence-electron chi connectivity index (χ3n) is 2.51. The lowest BCUT2D eigenvalue weighted by Gasteiger charge is -2.08. The second kappa shape index (κ2) is 10.3. The van der Waals surface area contributed by atoms with Crippen molar-refractivity contribution in [3.8, 4) is 0 Å². The first-order valence-electron chi connectivity index (χ1n) is 6.51. The van der Waals surface area contributed by atoms with E-state index in [4.69, 9.17) is 0 Å². The van der Waals surface area contributed by atoms with Gasteiger partial charge in [-0.2, -0.15) is 0 Å². The van der Waals surface area contributed by atoms with Crippen LogP contribution in [0.15, 0.2) is 0 Å². The van der Waals surface area contributed by atoms with E-state index in [1.54, 1.807) is 0 Å². The predicted molar refractivity (Wildman–Crippen MR) is 65.4 cm³/mol. The minimum Gasteiger partial charge on any atom is -0.393 e. The van der Waals surface area contributed by atoms with E-state index in [9.17, 15) is 14.7 Å². The fourth-order valence-electron chi connectivity index (χ4n) is 1.47. The molecule has 4 nitrogen and oxygen atoms in total. The van der Waals surface area contributed by atoms with Gasteiger partial charge >= 0.3 is 11.9 Å². The zero-order valence-corrected chi connectivity index (χ0v) is 10.9. The van der Waals surface area contributed by atoms with E-state index in [-0.39, 0.29) is 12.8 Å². The van der Waals surface area contributed by atoms with Gasteiger partial charge in [0.15, 0.2) is 0 Å². The van der Waals surface area contributed by atoms with Crippen molar-refractivity contribution in [2.75, 3.05) is 0 Å². The average Bonchev–Trinajstić information content (AvgIpc) is 2.26. The molecule has 0 aromatic rings. The molecule has 4 heteroatoms. The molecule has 0 aliphatic rings. The third kappa shape index (κ3) is 10.00. The molecule has 0 spiro atoms. The van der Waals surface area contributed by atoms with Crippen LogP contribution < -0.4 is 0 Å². The molecule has 0 bridgehead atoms. The van der Waals surface area contributed by atoms with Gasteiger partial charge in [0.05, 0.1) is 12.5 Å². The Hall–Kier alpha value is -0.900. The summed E-state index contributed by atoms with van der Waals surface area (Å²) in [7, 11) is 0. The van der Waals surface area contributed by atoms with Crippen molar-refractivity contribution in [3.05, 3.63) is 0 Å². The number of hydrogen-bond acceptors (Lipinski definition) is 4. The smallest absolute Gasteiger partial charge is 0.316 e. The van der Waals surface area contributed by atoms with Crippen LogP contribution in [0.1, 0.15) is 65.2 Å². The van der Waals surface area contributed by atoms with Crippen LogP contribution >= 0.6 is 0 Å². The van der Waals surface area contributed by atoms with E-state index in [1.165, 1.54) is 0 Å². The van der Waals surface area contributed by atoms with Gasteiger partial charge in [-0.05, 0) is 12.8 Å². The summed E-state index contributed by atoms with van der Waals surface area (Å²) in [5.74, 6) is -1.10. The molecule has 17 heavy (non-hydrogen) atoms. The monoisotopic (exact) mass is 244 g/mol. The Morgan fingerprint density at radius 1 is 1.06 bits per heavy atom. The van der Waals surface area contributed by atoms with E-state index in [0.29, 0.717) is 6.42 Å². The van der Waals surface area contributed by atoms with Crippen LogP contribution in [0.25, 0.3) is 0 Å². The summed E-state index contributed by atoms with van der Waals surface area (Å²) in [6.45, 7) is 4.06. The summed E-state index contributed by atoms with van der Waals surface area (Å²) in [5.41, 5.74) is 0. The lowest BCUT2D eigenvalue weighted by molar-refractivity contribution is -0.161. The van der Waals surface area contributed by atoms with Crippen molar-refractivity contribution in [1.82, 2.24) is 0 Å². The number of unbranched alkanes of at least 4 members (excludes halogenated alkanes) is 3. The molecule has 0 aliphatic heterocycles. The maximum absolute atomic E-state index is 11.3. The molecule has 0 rings (SSSR count). The van der Waals surface area contributed by atoms with Gasteiger partial charge in [0.25, 0.3) is 0 Å². The minimum atomic E-state index is -0.689. The molecular formula is C13H24O4. The van der Waals surface area contributed by atoms with Crippen LogP contribution in [0.2, 0.25) is 0 Å². The molecule has 0 aromatic heterocycles. The maximum Gasteiger partial charge on any atom is 0.316 e. The molecule has 0 aliphatic carbocycles. The van der Waals surface area contributed by atoms with Crippen LogP contribution in [0, 0.1) is 0 Å². The Morgan fingerprint density at radius 2 is 1.71 bits per heavy atom. The van der Waals surface area contributed by atoms with Crippen molar-refractivity contribution < 1.29 is 19.4 Å². The molecule has 100 valence electrons. The first kappa shape index (κ1) is 16.1. The SMILES string of the molecule is CCCCCC(=O)OC(=O)CC(O)CCCC. The van der Waals surface area contributed by atoms with E-state index in [0.717, 1.165) is 32.1 Å². The van der Waals surface area contributed by atoms with Crippen molar-refractivity contribution in [1.29, 1.82) is 0 Å². The highest BCUT2D eigenvalue weighted by molar-refractivity contribution is 5.85. The molecule has 1 atom stereocenters. The van der Waals surface area contributed by atoms with Gasteiger partial charge in [-0.25, -0.2) is 0 Å².